The molecule has 140 valence electrons. The van der Waals surface area contributed by atoms with E-state index in [1.165, 1.54) is 16.4 Å². The molecule has 5 nitrogen and oxygen atoms in total. The SMILES string of the molecule is CCN(CC)S(=O)(=O)c1ccc(C(=O)N(C)Cc2ccc(Br)cc2)cc1. The number of amides is 1. The molecule has 2 aromatic carbocycles. The van der Waals surface area contributed by atoms with Gasteiger partial charge in [0, 0.05) is 36.7 Å². The maximum atomic E-state index is 12.6. The average molecular weight is 439 g/mol. The second kappa shape index (κ2) is 8.79. The number of benzene rings is 2. The van der Waals surface area contributed by atoms with Gasteiger partial charge in [0.15, 0.2) is 0 Å². The van der Waals surface area contributed by atoms with Crippen LogP contribution in [-0.2, 0) is 16.6 Å². The highest BCUT2D eigenvalue weighted by atomic mass is 79.9. The van der Waals surface area contributed by atoms with Gasteiger partial charge in [0.05, 0.1) is 4.90 Å². The molecule has 0 radical (unpaired) electrons. The van der Waals surface area contributed by atoms with Crippen molar-refractivity contribution in [2.24, 2.45) is 0 Å². The quantitative estimate of drug-likeness (QED) is 0.661. The van der Waals surface area contributed by atoms with Crippen molar-refractivity contribution in [3.8, 4) is 0 Å². The van der Waals surface area contributed by atoms with Gasteiger partial charge in [-0.3, -0.25) is 4.79 Å². The smallest absolute Gasteiger partial charge is 0.253 e. The van der Waals surface area contributed by atoms with E-state index >= 15 is 0 Å². The van der Waals surface area contributed by atoms with Crippen LogP contribution >= 0.6 is 15.9 Å². The third kappa shape index (κ3) is 4.72. The van der Waals surface area contributed by atoms with E-state index in [0.717, 1.165) is 10.0 Å². The summed E-state index contributed by atoms with van der Waals surface area (Å²) in [5.74, 6) is -0.153. The maximum Gasteiger partial charge on any atom is 0.253 e. The second-order valence-electron chi connectivity index (χ2n) is 5.90. The molecular weight excluding hydrogens is 416 g/mol. The van der Waals surface area contributed by atoms with Gasteiger partial charge in [-0.2, -0.15) is 4.31 Å². The molecule has 0 heterocycles. The van der Waals surface area contributed by atoms with Gasteiger partial charge in [-0.1, -0.05) is 41.9 Å². The highest BCUT2D eigenvalue weighted by Crippen LogP contribution is 2.18. The highest BCUT2D eigenvalue weighted by molar-refractivity contribution is 9.10. The lowest BCUT2D eigenvalue weighted by Gasteiger charge is -2.19. The lowest BCUT2D eigenvalue weighted by Crippen LogP contribution is -2.30. The molecule has 7 heteroatoms. The summed E-state index contributed by atoms with van der Waals surface area (Å²) in [7, 11) is -1.79. The molecule has 0 aliphatic heterocycles. The molecule has 2 rings (SSSR count). The molecule has 0 unspecified atom stereocenters. The van der Waals surface area contributed by atoms with E-state index in [1.807, 2.05) is 24.3 Å². The van der Waals surface area contributed by atoms with Gasteiger partial charge in [-0.15, -0.1) is 0 Å². The lowest BCUT2D eigenvalue weighted by molar-refractivity contribution is 0.0785. The summed E-state index contributed by atoms with van der Waals surface area (Å²) in [6.45, 7) is 4.91. The molecule has 0 atom stereocenters. The Morgan fingerprint density at radius 3 is 2.00 bits per heavy atom. The Morgan fingerprint density at radius 2 is 1.50 bits per heavy atom. The molecule has 26 heavy (non-hydrogen) atoms. The van der Waals surface area contributed by atoms with Crippen molar-refractivity contribution >= 4 is 31.9 Å². The first-order valence-electron chi connectivity index (χ1n) is 8.39. The topological polar surface area (TPSA) is 57.7 Å². The van der Waals surface area contributed by atoms with Crippen LogP contribution in [0.15, 0.2) is 57.9 Å². The van der Waals surface area contributed by atoms with Gasteiger partial charge in [0.1, 0.15) is 0 Å². The van der Waals surface area contributed by atoms with Crippen molar-refractivity contribution < 1.29 is 13.2 Å². The zero-order valence-electron chi connectivity index (χ0n) is 15.1. The van der Waals surface area contributed by atoms with Crippen LogP contribution in [0.25, 0.3) is 0 Å². The van der Waals surface area contributed by atoms with Crippen molar-refractivity contribution in [2.75, 3.05) is 20.1 Å². The van der Waals surface area contributed by atoms with Crippen LogP contribution in [0.3, 0.4) is 0 Å². The average Bonchev–Trinajstić information content (AvgIpc) is 2.64. The Labute approximate surface area is 163 Å². The molecule has 0 spiro atoms. The zero-order valence-corrected chi connectivity index (χ0v) is 17.5. The van der Waals surface area contributed by atoms with Gasteiger partial charge in [-0.05, 0) is 42.0 Å². The van der Waals surface area contributed by atoms with Crippen molar-refractivity contribution in [1.29, 1.82) is 0 Å². The Kier molecular flexibility index (Phi) is 6.97. The van der Waals surface area contributed by atoms with E-state index in [2.05, 4.69) is 15.9 Å². The maximum absolute atomic E-state index is 12.6. The number of rotatable bonds is 7. The van der Waals surface area contributed by atoms with Crippen LogP contribution in [0.2, 0.25) is 0 Å². The molecule has 0 bridgehead atoms. The molecule has 0 aromatic heterocycles. The van der Waals surface area contributed by atoms with Gasteiger partial charge in [0.2, 0.25) is 10.0 Å². The molecule has 2 aromatic rings. The molecule has 0 aliphatic carbocycles. The van der Waals surface area contributed by atoms with E-state index < -0.39 is 10.0 Å². The fraction of sp³-hybridized carbons (Fsp3) is 0.316. The summed E-state index contributed by atoms with van der Waals surface area (Å²) in [5, 5.41) is 0. The van der Waals surface area contributed by atoms with Crippen LogP contribution in [0.5, 0.6) is 0 Å². The minimum atomic E-state index is -3.51. The summed E-state index contributed by atoms with van der Waals surface area (Å²) in [4.78, 5) is 14.4. The van der Waals surface area contributed by atoms with E-state index in [9.17, 15) is 13.2 Å². The van der Waals surface area contributed by atoms with Crippen LogP contribution < -0.4 is 0 Å². The van der Waals surface area contributed by atoms with Crippen molar-refractivity contribution in [3.63, 3.8) is 0 Å². The van der Waals surface area contributed by atoms with Crippen LogP contribution in [0.1, 0.15) is 29.8 Å². The minimum absolute atomic E-state index is 0.153. The summed E-state index contributed by atoms with van der Waals surface area (Å²) in [6, 6.07) is 13.9. The normalized spacial score (nSPS) is 11.6. The van der Waals surface area contributed by atoms with Crippen LogP contribution in [0, 0.1) is 0 Å². The lowest BCUT2D eigenvalue weighted by atomic mass is 10.1. The number of carbonyl (C=O) groups excluding carboxylic acids is 1. The molecule has 1 amide bonds. The van der Waals surface area contributed by atoms with Gasteiger partial charge < -0.3 is 4.90 Å². The summed E-state index contributed by atoms with van der Waals surface area (Å²) in [5.41, 5.74) is 1.48. The van der Waals surface area contributed by atoms with Crippen LogP contribution in [-0.4, -0.2) is 43.7 Å². The van der Waals surface area contributed by atoms with Crippen LogP contribution in [0.4, 0.5) is 0 Å². The third-order valence-electron chi connectivity index (χ3n) is 4.12. The molecule has 0 aliphatic rings. The largest absolute Gasteiger partial charge is 0.337 e. The molecular formula is C19H23BrN2O3S. The first kappa shape index (κ1) is 20.6. The van der Waals surface area contributed by atoms with E-state index in [-0.39, 0.29) is 10.8 Å². The fourth-order valence-corrected chi connectivity index (χ4v) is 4.36. The van der Waals surface area contributed by atoms with Gasteiger partial charge in [0.25, 0.3) is 5.91 Å². The molecule has 0 fully saturated rings. The van der Waals surface area contributed by atoms with Gasteiger partial charge >= 0.3 is 0 Å². The zero-order chi connectivity index (χ0) is 19.3. The standard InChI is InChI=1S/C19H23BrN2O3S/c1-4-22(5-2)26(24,25)18-12-8-16(9-13-18)19(23)21(3)14-15-6-10-17(20)11-7-15/h6-13H,4-5,14H2,1-3H3. The summed E-state index contributed by atoms with van der Waals surface area (Å²) >= 11 is 3.39. The van der Waals surface area contributed by atoms with Crippen molar-refractivity contribution in [3.05, 3.63) is 64.1 Å². The Hall–Kier alpha value is -1.70. The second-order valence-corrected chi connectivity index (χ2v) is 8.75. The highest BCUT2D eigenvalue weighted by Gasteiger charge is 2.22. The predicted octanol–water partition coefficient (Wildman–Crippen LogP) is 3.75. The molecule has 0 saturated carbocycles. The number of carbonyl (C=O) groups is 1. The number of halogens is 1. The fourth-order valence-electron chi connectivity index (χ4n) is 2.64. The Balaban J connectivity index is 2.14. The van der Waals surface area contributed by atoms with Crippen molar-refractivity contribution in [1.82, 2.24) is 9.21 Å². The monoisotopic (exact) mass is 438 g/mol. The minimum Gasteiger partial charge on any atom is -0.337 e. The van der Waals surface area contributed by atoms with Crippen molar-refractivity contribution in [2.45, 2.75) is 25.3 Å². The van der Waals surface area contributed by atoms with E-state index in [0.29, 0.717) is 25.2 Å². The predicted molar refractivity (Wildman–Crippen MR) is 106 cm³/mol. The number of sulfonamides is 1. The number of hydrogen-bond acceptors (Lipinski definition) is 3. The summed E-state index contributed by atoms with van der Waals surface area (Å²) in [6.07, 6.45) is 0. The third-order valence-corrected chi connectivity index (χ3v) is 6.72. The first-order chi connectivity index (χ1) is 12.3. The number of nitrogens with zero attached hydrogens (tertiary/aromatic N) is 2. The Morgan fingerprint density at radius 1 is 0.962 bits per heavy atom. The van der Waals surface area contributed by atoms with E-state index in [1.54, 1.807) is 37.9 Å². The van der Waals surface area contributed by atoms with E-state index in [4.69, 9.17) is 0 Å². The Bertz CT molecular complexity index is 845. The van der Waals surface area contributed by atoms with Gasteiger partial charge in [-0.25, -0.2) is 8.42 Å². The number of hydrogen-bond donors (Lipinski definition) is 0. The molecule has 0 N–H and O–H groups in total. The first-order valence-corrected chi connectivity index (χ1v) is 10.6. The molecule has 0 saturated heterocycles. The summed E-state index contributed by atoms with van der Waals surface area (Å²) < 4.78 is 27.4.